The Hall–Kier alpha value is -2.34. The second kappa shape index (κ2) is 15.5. The molecule has 1 aliphatic carbocycles. The van der Waals surface area contributed by atoms with E-state index in [1.54, 1.807) is 0 Å². The molecule has 1 unspecified atom stereocenters. The zero-order valence-corrected chi connectivity index (χ0v) is 20.0. The molecule has 172 valence electrons. The van der Waals surface area contributed by atoms with Gasteiger partial charge in [-0.05, 0) is 55.9 Å². The molecule has 0 radical (unpaired) electrons. The van der Waals surface area contributed by atoms with E-state index < -0.39 is 0 Å². The fourth-order valence-corrected chi connectivity index (χ4v) is 2.81. The molecule has 0 spiro atoms. The summed E-state index contributed by atoms with van der Waals surface area (Å²) in [4.78, 5) is 19.7. The van der Waals surface area contributed by atoms with Crippen molar-refractivity contribution in [3.63, 3.8) is 0 Å². The van der Waals surface area contributed by atoms with Gasteiger partial charge in [-0.3, -0.25) is 4.79 Å². The highest BCUT2D eigenvalue weighted by molar-refractivity contribution is 5.76. The molecule has 30 heavy (non-hydrogen) atoms. The standard InChI is InChI=1S/C11H14N2O.C10H20O.C2H4O.CH5N/c1-13-7-8(6-11(12)14)9-4-2-3-5-10(9)13;1-8(9(2)11)6-7-10(3,4)5;1-2-3;1-2/h4-5,7H,2-3,6H2,1H3,(H2,12,14);8,11H,2,6-7H2,1,3-5H3;2H,1H3;2H2,1H3. The van der Waals surface area contributed by atoms with Crippen LogP contribution in [0, 0.1) is 11.3 Å². The number of nitrogens with two attached hydrogens (primary N) is 2. The van der Waals surface area contributed by atoms with Gasteiger partial charge in [-0.25, -0.2) is 0 Å². The van der Waals surface area contributed by atoms with Crippen LogP contribution in [0.5, 0.6) is 0 Å². The summed E-state index contributed by atoms with van der Waals surface area (Å²) in [7, 11) is 3.50. The SMILES string of the molecule is C=C(O)C(C)CCC(C)(C)C.CC=O.CN.Cn1cc(CC(N)=O)c2c1=CCCC=2. The van der Waals surface area contributed by atoms with Crippen LogP contribution in [0.1, 0.15) is 65.9 Å². The summed E-state index contributed by atoms with van der Waals surface area (Å²) in [5.74, 6) is 0.292. The third-order valence-electron chi connectivity index (χ3n) is 4.47. The van der Waals surface area contributed by atoms with E-state index in [9.17, 15) is 4.79 Å². The number of aliphatic hydroxyl groups excluding tert-OH is 1. The van der Waals surface area contributed by atoms with Crippen molar-refractivity contribution in [2.75, 3.05) is 7.05 Å². The number of allylic oxidation sites excluding steroid dienone is 1. The highest BCUT2D eigenvalue weighted by Gasteiger charge is 2.13. The number of fused-ring (bicyclic) bond motifs is 1. The van der Waals surface area contributed by atoms with Crippen molar-refractivity contribution in [3.8, 4) is 0 Å². The predicted octanol–water partition coefficient (Wildman–Crippen LogP) is 2.71. The van der Waals surface area contributed by atoms with Crippen molar-refractivity contribution < 1.29 is 14.7 Å². The minimum Gasteiger partial charge on any atom is -0.513 e. The maximum absolute atomic E-state index is 10.9. The van der Waals surface area contributed by atoms with Crippen LogP contribution >= 0.6 is 0 Å². The normalized spacial score (nSPS) is 12.5. The number of nitrogens with zero attached hydrogens (tertiary/aromatic N) is 1. The molecule has 1 amide bonds. The van der Waals surface area contributed by atoms with Crippen molar-refractivity contribution in [2.24, 2.45) is 29.8 Å². The lowest BCUT2D eigenvalue weighted by atomic mass is 9.87. The Morgan fingerprint density at radius 3 is 2.23 bits per heavy atom. The molecule has 1 heterocycles. The Morgan fingerprint density at radius 1 is 1.30 bits per heavy atom. The molecule has 5 N–H and O–H groups in total. The van der Waals surface area contributed by atoms with E-state index >= 15 is 0 Å². The van der Waals surface area contributed by atoms with Crippen LogP contribution in [-0.4, -0.2) is 28.9 Å². The lowest BCUT2D eigenvalue weighted by Crippen LogP contribution is -2.31. The van der Waals surface area contributed by atoms with Gasteiger partial charge in [0, 0.05) is 24.5 Å². The maximum atomic E-state index is 10.9. The highest BCUT2D eigenvalue weighted by atomic mass is 16.3. The molecule has 6 heteroatoms. The number of amides is 1. The summed E-state index contributed by atoms with van der Waals surface area (Å²) in [5.41, 5.74) is 11.1. The Kier molecular flexibility index (Phi) is 15.4. The molecule has 0 saturated carbocycles. The molecule has 2 rings (SSSR count). The van der Waals surface area contributed by atoms with Crippen molar-refractivity contribution in [1.29, 1.82) is 0 Å². The van der Waals surface area contributed by atoms with Crippen LogP contribution < -0.4 is 22.0 Å². The van der Waals surface area contributed by atoms with Gasteiger partial charge in [-0.1, -0.05) is 46.4 Å². The molecule has 0 aliphatic heterocycles. The van der Waals surface area contributed by atoms with Gasteiger partial charge in [-0.2, -0.15) is 0 Å². The minimum atomic E-state index is -0.266. The van der Waals surface area contributed by atoms with Crippen molar-refractivity contribution in [3.05, 3.63) is 34.7 Å². The number of carbonyl (C=O) groups is 2. The first kappa shape index (κ1) is 29.9. The van der Waals surface area contributed by atoms with Crippen molar-refractivity contribution in [2.45, 2.75) is 66.7 Å². The summed E-state index contributed by atoms with van der Waals surface area (Å²) in [5, 5.41) is 11.4. The maximum Gasteiger partial charge on any atom is 0.221 e. The first-order chi connectivity index (χ1) is 13.9. The molecular weight excluding hydrogens is 378 g/mol. The second-order valence-electron chi connectivity index (χ2n) is 8.42. The largest absolute Gasteiger partial charge is 0.513 e. The monoisotopic (exact) mass is 421 g/mol. The van der Waals surface area contributed by atoms with E-state index in [2.05, 4.69) is 49.8 Å². The van der Waals surface area contributed by atoms with Gasteiger partial charge in [0.05, 0.1) is 12.2 Å². The molecule has 1 aliphatic rings. The van der Waals surface area contributed by atoms with E-state index in [4.69, 9.17) is 15.6 Å². The average molecular weight is 422 g/mol. The van der Waals surface area contributed by atoms with E-state index in [-0.39, 0.29) is 11.8 Å². The lowest BCUT2D eigenvalue weighted by Gasteiger charge is -2.20. The smallest absolute Gasteiger partial charge is 0.221 e. The number of aromatic nitrogens is 1. The van der Waals surface area contributed by atoms with E-state index in [0.29, 0.717) is 17.6 Å². The number of aryl methyl sites for hydroxylation is 1. The van der Waals surface area contributed by atoms with E-state index in [1.165, 1.54) is 24.5 Å². The number of hydrogen-bond donors (Lipinski definition) is 3. The van der Waals surface area contributed by atoms with Gasteiger partial charge in [-0.15, -0.1) is 0 Å². The summed E-state index contributed by atoms with van der Waals surface area (Å²) < 4.78 is 2.06. The predicted molar refractivity (Wildman–Crippen MR) is 127 cm³/mol. The zero-order valence-electron chi connectivity index (χ0n) is 20.0. The third kappa shape index (κ3) is 13.0. The number of hydrogen-bond acceptors (Lipinski definition) is 4. The van der Waals surface area contributed by atoms with Crippen molar-refractivity contribution in [1.82, 2.24) is 4.57 Å². The van der Waals surface area contributed by atoms with Gasteiger partial charge < -0.3 is 25.9 Å². The number of carbonyl (C=O) groups excluding carboxylic acids is 2. The first-order valence-corrected chi connectivity index (χ1v) is 10.4. The fraction of sp³-hybridized carbons (Fsp3) is 0.583. The second-order valence-corrected chi connectivity index (χ2v) is 8.42. The summed E-state index contributed by atoms with van der Waals surface area (Å²) in [6.07, 6.45) is 11.8. The molecule has 1 aromatic heterocycles. The molecule has 1 atom stereocenters. The Bertz CT molecular complexity index is 771. The Morgan fingerprint density at radius 2 is 1.80 bits per heavy atom. The van der Waals surface area contributed by atoms with Crippen LogP contribution in [0.2, 0.25) is 0 Å². The number of primary amides is 1. The van der Waals surface area contributed by atoms with Crippen LogP contribution in [0.15, 0.2) is 18.5 Å². The number of aliphatic hydroxyl groups is 1. The van der Waals surface area contributed by atoms with Crippen LogP contribution in [0.4, 0.5) is 0 Å². The minimum absolute atomic E-state index is 0.245. The topological polar surface area (TPSA) is 111 Å². The summed E-state index contributed by atoms with van der Waals surface area (Å²) >= 11 is 0. The molecule has 0 saturated heterocycles. The molecule has 0 fully saturated rings. The molecular formula is C24H43N3O3. The van der Waals surface area contributed by atoms with Gasteiger partial charge in [0.15, 0.2) is 0 Å². The van der Waals surface area contributed by atoms with Crippen LogP contribution in [0.3, 0.4) is 0 Å². The third-order valence-corrected chi connectivity index (χ3v) is 4.47. The number of aldehydes is 1. The van der Waals surface area contributed by atoms with E-state index in [1.807, 2.05) is 20.2 Å². The Labute approximate surface area is 182 Å². The Balaban J connectivity index is 0. The van der Waals surface area contributed by atoms with E-state index in [0.717, 1.165) is 37.5 Å². The molecule has 6 nitrogen and oxygen atoms in total. The first-order valence-electron chi connectivity index (χ1n) is 10.4. The number of rotatable bonds is 5. The average Bonchev–Trinajstić information content (AvgIpc) is 2.97. The van der Waals surface area contributed by atoms with Crippen LogP contribution in [0.25, 0.3) is 12.2 Å². The quantitative estimate of drug-likeness (QED) is 0.501. The summed E-state index contributed by atoms with van der Waals surface area (Å²) in [6, 6.07) is 0. The fourth-order valence-electron chi connectivity index (χ4n) is 2.81. The van der Waals surface area contributed by atoms with Gasteiger partial charge in [0.1, 0.15) is 6.29 Å². The van der Waals surface area contributed by atoms with Gasteiger partial charge in [0.2, 0.25) is 5.91 Å². The lowest BCUT2D eigenvalue weighted by molar-refractivity contribution is -0.117. The summed E-state index contributed by atoms with van der Waals surface area (Å²) in [6.45, 7) is 13.6. The van der Waals surface area contributed by atoms with Gasteiger partial charge in [0.25, 0.3) is 0 Å². The van der Waals surface area contributed by atoms with Gasteiger partial charge >= 0.3 is 0 Å². The molecule has 0 bridgehead atoms. The van der Waals surface area contributed by atoms with Crippen molar-refractivity contribution >= 4 is 24.3 Å². The molecule has 0 aromatic carbocycles. The zero-order chi connectivity index (χ0) is 23.9. The molecule has 1 aromatic rings. The highest BCUT2D eigenvalue weighted by Crippen LogP contribution is 2.25. The van der Waals surface area contributed by atoms with Crippen LogP contribution in [-0.2, 0) is 23.1 Å².